The Bertz CT molecular complexity index is 347. The molecular formula is C15H26N2O3. The lowest BCUT2D eigenvalue weighted by Gasteiger charge is -2.26. The quantitative estimate of drug-likeness (QED) is 0.436. The number of ether oxygens (including phenoxy) is 1. The first kappa shape index (κ1) is 16.7. The van der Waals surface area contributed by atoms with E-state index < -0.39 is 0 Å². The SMILES string of the molecule is CCC(=CCNCCC(=O)N1CCCCC1)C(=O)OC. The number of amides is 1. The molecule has 1 saturated heterocycles. The highest BCUT2D eigenvalue weighted by atomic mass is 16.5. The minimum atomic E-state index is -0.279. The number of nitrogens with zero attached hydrogens (tertiary/aromatic N) is 1. The molecule has 20 heavy (non-hydrogen) atoms. The smallest absolute Gasteiger partial charge is 0.333 e. The summed E-state index contributed by atoms with van der Waals surface area (Å²) in [6.45, 7) is 4.96. The monoisotopic (exact) mass is 282 g/mol. The highest BCUT2D eigenvalue weighted by molar-refractivity contribution is 5.88. The van der Waals surface area contributed by atoms with Gasteiger partial charge in [0.05, 0.1) is 7.11 Å². The highest BCUT2D eigenvalue weighted by Gasteiger charge is 2.15. The summed E-state index contributed by atoms with van der Waals surface area (Å²) in [5.41, 5.74) is 0.669. The molecule has 0 saturated carbocycles. The molecule has 0 spiro atoms. The molecule has 114 valence electrons. The number of carbonyl (C=O) groups excluding carboxylic acids is 2. The Balaban J connectivity index is 2.19. The van der Waals surface area contributed by atoms with Crippen molar-refractivity contribution in [1.82, 2.24) is 10.2 Å². The first-order valence-electron chi connectivity index (χ1n) is 7.44. The van der Waals surface area contributed by atoms with Gasteiger partial charge < -0.3 is 15.0 Å². The van der Waals surface area contributed by atoms with Gasteiger partial charge in [0.1, 0.15) is 0 Å². The van der Waals surface area contributed by atoms with E-state index in [-0.39, 0.29) is 11.9 Å². The molecule has 0 aliphatic carbocycles. The Labute approximate surface area is 121 Å². The van der Waals surface area contributed by atoms with Gasteiger partial charge in [0.25, 0.3) is 0 Å². The molecule has 1 fully saturated rings. The third-order valence-corrected chi connectivity index (χ3v) is 3.55. The largest absolute Gasteiger partial charge is 0.466 e. The lowest BCUT2D eigenvalue weighted by Crippen LogP contribution is -2.37. The van der Waals surface area contributed by atoms with E-state index >= 15 is 0 Å². The number of piperidine rings is 1. The molecule has 0 atom stereocenters. The second kappa shape index (κ2) is 9.53. The molecular weight excluding hydrogens is 256 g/mol. The van der Waals surface area contributed by atoms with Gasteiger partial charge in [-0.2, -0.15) is 0 Å². The number of esters is 1. The number of hydrogen-bond acceptors (Lipinski definition) is 4. The van der Waals surface area contributed by atoms with Crippen molar-refractivity contribution in [2.24, 2.45) is 0 Å². The molecule has 0 aromatic heterocycles. The van der Waals surface area contributed by atoms with E-state index in [1.54, 1.807) is 0 Å². The van der Waals surface area contributed by atoms with Crippen LogP contribution in [0.1, 0.15) is 39.0 Å². The summed E-state index contributed by atoms with van der Waals surface area (Å²) in [6, 6.07) is 0. The van der Waals surface area contributed by atoms with Gasteiger partial charge in [-0.15, -0.1) is 0 Å². The molecule has 0 unspecified atom stereocenters. The number of methoxy groups -OCH3 is 1. The van der Waals surface area contributed by atoms with E-state index in [1.165, 1.54) is 13.5 Å². The van der Waals surface area contributed by atoms with Gasteiger partial charge in [0.2, 0.25) is 5.91 Å². The maximum atomic E-state index is 11.9. The van der Waals surface area contributed by atoms with Crippen molar-refractivity contribution in [3.05, 3.63) is 11.6 Å². The van der Waals surface area contributed by atoms with Gasteiger partial charge in [-0.05, 0) is 25.7 Å². The minimum Gasteiger partial charge on any atom is -0.466 e. The van der Waals surface area contributed by atoms with E-state index in [0.29, 0.717) is 31.5 Å². The number of nitrogens with one attached hydrogen (secondary N) is 1. The Kier molecular flexibility index (Phi) is 7.95. The second-order valence-corrected chi connectivity index (χ2v) is 4.97. The van der Waals surface area contributed by atoms with Crippen molar-refractivity contribution in [2.45, 2.75) is 39.0 Å². The van der Waals surface area contributed by atoms with Crippen LogP contribution in [0.25, 0.3) is 0 Å². The molecule has 5 heteroatoms. The number of likely N-dealkylation sites (tertiary alicyclic amines) is 1. The van der Waals surface area contributed by atoms with Crippen molar-refractivity contribution >= 4 is 11.9 Å². The van der Waals surface area contributed by atoms with Crippen LogP contribution in [0.5, 0.6) is 0 Å². The van der Waals surface area contributed by atoms with Crippen LogP contribution in [-0.2, 0) is 14.3 Å². The summed E-state index contributed by atoms with van der Waals surface area (Å²) in [7, 11) is 1.39. The summed E-state index contributed by atoms with van der Waals surface area (Å²) in [5, 5.41) is 3.17. The summed E-state index contributed by atoms with van der Waals surface area (Å²) in [4.78, 5) is 25.2. The summed E-state index contributed by atoms with van der Waals surface area (Å²) in [5.74, 6) is -0.0523. The van der Waals surface area contributed by atoms with Crippen LogP contribution >= 0.6 is 0 Å². The Morgan fingerprint density at radius 3 is 2.55 bits per heavy atom. The zero-order valence-corrected chi connectivity index (χ0v) is 12.6. The summed E-state index contributed by atoms with van der Waals surface area (Å²) < 4.78 is 4.68. The summed E-state index contributed by atoms with van der Waals surface area (Å²) >= 11 is 0. The second-order valence-electron chi connectivity index (χ2n) is 4.97. The third kappa shape index (κ3) is 5.74. The molecule has 0 radical (unpaired) electrons. The average Bonchev–Trinajstić information content (AvgIpc) is 2.50. The van der Waals surface area contributed by atoms with Crippen molar-refractivity contribution in [2.75, 3.05) is 33.3 Å². The predicted octanol–water partition coefficient (Wildman–Crippen LogP) is 1.49. The van der Waals surface area contributed by atoms with E-state index in [9.17, 15) is 9.59 Å². The third-order valence-electron chi connectivity index (χ3n) is 3.55. The topological polar surface area (TPSA) is 58.6 Å². The Morgan fingerprint density at radius 1 is 1.25 bits per heavy atom. The lowest BCUT2D eigenvalue weighted by molar-refractivity contribution is -0.136. The number of rotatable bonds is 7. The van der Waals surface area contributed by atoms with Gasteiger partial charge in [-0.25, -0.2) is 4.79 Å². The van der Waals surface area contributed by atoms with Crippen LogP contribution in [-0.4, -0.2) is 50.1 Å². The molecule has 1 amide bonds. The van der Waals surface area contributed by atoms with E-state index in [2.05, 4.69) is 10.1 Å². The average molecular weight is 282 g/mol. The first-order chi connectivity index (χ1) is 9.69. The molecule has 0 bridgehead atoms. The van der Waals surface area contributed by atoms with Crippen molar-refractivity contribution in [3.8, 4) is 0 Å². The molecule has 1 N–H and O–H groups in total. The molecule has 0 aromatic rings. The van der Waals surface area contributed by atoms with Crippen molar-refractivity contribution in [1.29, 1.82) is 0 Å². The van der Waals surface area contributed by atoms with Crippen LogP contribution in [0.3, 0.4) is 0 Å². The molecule has 1 heterocycles. The summed E-state index contributed by atoms with van der Waals surface area (Å²) in [6.07, 6.45) is 6.49. The van der Waals surface area contributed by atoms with Crippen molar-refractivity contribution in [3.63, 3.8) is 0 Å². The zero-order valence-electron chi connectivity index (χ0n) is 12.6. The Morgan fingerprint density at radius 2 is 1.95 bits per heavy atom. The first-order valence-corrected chi connectivity index (χ1v) is 7.44. The van der Waals surface area contributed by atoms with Gasteiger partial charge >= 0.3 is 5.97 Å². The zero-order chi connectivity index (χ0) is 14.8. The van der Waals surface area contributed by atoms with Crippen LogP contribution < -0.4 is 5.32 Å². The molecule has 5 nitrogen and oxygen atoms in total. The van der Waals surface area contributed by atoms with Gasteiger partial charge in [-0.3, -0.25) is 4.79 Å². The van der Waals surface area contributed by atoms with Crippen molar-refractivity contribution < 1.29 is 14.3 Å². The molecule has 0 aromatic carbocycles. The Hall–Kier alpha value is -1.36. The standard InChI is InChI=1S/C15H26N2O3/c1-3-13(15(19)20-2)7-9-16-10-8-14(18)17-11-5-4-6-12-17/h7,16H,3-6,8-12H2,1-2H3. The number of hydrogen-bond donors (Lipinski definition) is 1. The maximum absolute atomic E-state index is 11.9. The van der Waals surface area contributed by atoms with Crippen LogP contribution in [0, 0.1) is 0 Å². The predicted molar refractivity (Wildman–Crippen MR) is 78.3 cm³/mol. The normalized spacial score (nSPS) is 16.1. The fourth-order valence-corrected chi connectivity index (χ4v) is 2.30. The minimum absolute atomic E-state index is 0.227. The lowest BCUT2D eigenvalue weighted by atomic mass is 10.1. The van der Waals surface area contributed by atoms with Gasteiger partial charge in [0, 0.05) is 38.2 Å². The fraction of sp³-hybridized carbons (Fsp3) is 0.733. The molecule has 1 aliphatic rings. The van der Waals surface area contributed by atoms with E-state index in [1.807, 2.05) is 17.9 Å². The highest BCUT2D eigenvalue weighted by Crippen LogP contribution is 2.09. The van der Waals surface area contributed by atoms with Gasteiger partial charge in [-0.1, -0.05) is 13.0 Å². The molecule has 1 rings (SSSR count). The van der Waals surface area contributed by atoms with E-state index in [0.717, 1.165) is 25.9 Å². The van der Waals surface area contributed by atoms with Crippen LogP contribution in [0.15, 0.2) is 11.6 Å². The van der Waals surface area contributed by atoms with Crippen LogP contribution in [0.4, 0.5) is 0 Å². The molecule has 1 aliphatic heterocycles. The van der Waals surface area contributed by atoms with E-state index in [4.69, 9.17) is 0 Å². The fourth-order valence-electron chi connectivity index (χ4n) is 2.30. The maximum Gasteiger partial charge on any atom is 0.333 e. The van der Waals surface area contributed by atoms with Crippen LogP contribution in [0.2, 0.25) is 0 Å². The number of carbonyl (C=O) groups is 2. The van der Waals surface area contributed by atoms with Gasteiger partial charge in [0.15, 0.2) is 0 Å².